The molecule has 140 valence electrons. The summed E-state index contributed by atoms with van der Waals surface area (Å²) >= 11 is 5.83. The SMILES string of the molecule is O=C(COC(=O)CN1C(=O)[C@H]2[C@H](C1=O)[C@H]1C=C[C@H]2C1)Nc1cccc(Cl)c1. The standard InChI is InChI=1S/C19H17ClN2O5/c20-12-2-1-3-13(7-12)21-14(23)9-27-15(24)8-22-18(25)16-10-4-5-11(6-10)17(16)19(22)26/h1-5,7,10-11,16-17H,6,8-9H2,(H,21,23)/t10-,11-,16+,17+/m0/s1. The largest absolute Gasteiger partial charge is 0.454 e. The predicted octanol–water partition coefficient (Wildman–Crippen LogP) is 1.63. The summed E-state index contributed by atoms with van der Waals surface area (Å²) in [5, 5.41) is 3.01. The van der Waals surface area contributed by atoms with Crippen LogP contribution >= 0.6 is 11.6 Å². The first kappa shape index (κ1) is 17.7. The zero-order chi connectivity index (χ0) is 19.1. The molecule has 1 heterocycles. The van der Waals surface area contributed by atoms with E-state index in [2.05, 4.69) is 5.32 Å². The lowest BCUT2D eigenvalue weighted by Gasteiger charge is -2.16. The zero-order valence-corrected chi connectivity index (χ0v) is 15.0. The highest BCUT2D eigenvalue weighted by molar-refractivity contribution is 6.30. The number of likely N-dealkylation sites (tertiary alicyclic amines) is 1. The minimum absolute atomic E-state index is 0.0842. The molecule has 1 aromatic carbocycles. The number of fused-ring (bicyclic) bond motifs is 5. The van der Waals surface area contributed by atoms with Crippen molar-refractivity contribution in [2.75, 3.05) is 18.5 Å². The number of esters is 1. The van der Waals surface area contributed by atoms with E-state index in [1.54, 1.807) is 24.3 Å². The van der Waals surface area contributed by atoms with Gasteiger partial charge in [0.05, 0.1) is 11.8 Å². The van der Waals surface area contributed by atoms with Crippen LogP contribution in [0.5, 0.6) is 0 Å². The number of nitrogens with one attached hydrogen (secondary N) is 1. The molecule has 27 heavy (non-hydrogen) atoms. The molecule has 1 aromatic rings. The van der Waals surface area contributed by atoms with Crippen LogP contribution in [-0.2, 0) is 23.9 Å². The number of nitrogens with zero attached hydrogens (tertiary/aromatic N) is 1. The molecule has 2 fully saturated rings. The molecule has 0 spiro atoms. The van der Waals surface area contributed by atoms with Gasteiger partial charge in [-0.1, -0.05) is 29.8 Å². The highest BCUT2D eigenvalue weighted by Gasteiger charge is 2.59. The number of benzene rings is 1. The number of allylic oxidation sites excluding steroid dienone is 2. The van der Waals surface area contributed by atoms with E-state index in [0.29, 0.717) is 10.7 Å². The molecule has 3 amide bonds. The molecule has 2 bridgehead atoms. The number of hydrogen-bond donors (Lipinski definition) is 1. The molecule has 2 aliphatic carbocycles. The Morgan fingerprint density at radius 3 is 2.44 bits per heavy atom. The van der Waals surface area contributed by atoms with Crippen molar-refractivity contribution in [3.8, 4) is 0 Å². The summed E-state index contributed by atoms with van der Waals surface area (Å²) in [7, 11) is 0. The van der Waals surface area contributed by atoms with E-state index < -0.39 is 25.0 Å². The molecule has 8 heteroatoms. The molecule has 0 radical (unpaired) electrons. The van der Waals surface area contributed by atoms with Gasteiger partial charge in [-0.3, -0.25) is 24.1 Å². The van der Waals surface area contributed by atoms with Crippen molar-refractivity contribution in [1.29, 1.82) is 0 Å². The Morgan fingerprint density at radius 2 is 1.81 bits per heavy atom. The molecule has 7 nitrogen and oxygen atoms in total. The summed E-state index contributed by atoms with van der Waals surface area (Å²) < 4.78 is 4.91. The quantitative estimate of drug-likeness (QED) is 0.470. The first-order valence-corrected chi connectivity index (χ1v) is 9.06. The molecule has 1 saturated heterocycles. The van der Waals surface area contributed by atoms with E-state index in [4.69, 9.17) is 16.3 Å². The van der Waals surface area contributed by atoms with Crippen LogP contribution in [0.3, 0.4) is 0 Å². The number of carbonyl (C=O) groups is 4. The third-order valence-corrected chi connectivity index (χ3v) is 5.56. The smallest absolute Gasteiger partial charge is 0.326 e. The van der Waals surface area contributed by atoms with Gasteiger partial charge >= 0.3 is 5.97 Å². The first-order valence-electron chi connectivity index (χ1n) is 8.68. The van der Waals surface area contributed by atoms with Crippen LogP contribution in [0.2, 0.25) is 5.02 Å². The second-order valence-corrected chi connectivity index (χ2v) is 7.42. The highest BCUT2D eigenvalue weighted by atomic mass is 35.5. The Hall–Kier alpha value is -2.67. The fourth-order valence-corrected chi connectivity index (χ4v) is 4.39. The summed E-state index contributed by atoms with van der Waals surface area (Å²) in [6, 6.07) is 6.55. The van der Waals surface area contributed by atoms with E-state index in [0.717, 1.165) is 11.3 Å². The molecular formula is C19H17ClN2O5. The molecule has 0 aromatic heterocycles. The lowest BCUT2D eigenvalue weighted by Crippen LogP contribution is -2.38. The number of ether oxygens (including phenoxy) is 1. The average molecular weight is 389 g/mol. The summed E-state index contributed by atoms with van der Waals surface area (Å²) in [5.74, 6) is -2.51. The normalized spacial score (nSPS) is 27.8. The van der Waals surface area contributed by atoms with Gasteiger partial charge < -0.3 is 10.1 Å². The van der Waals surface area contributed by atoms with Crippen LogP contribution in [0.1, 0.15) is 6.42 Å². The van der Waals surface area contributed by atoms with Gasteiger partial charge in [0.15, 0.2) is 6.61 Å². The van der Waals surface area contributed by atoms with E-state index in [9.17, 15) is 19.2 Å². The van der Waals surface area contributed by atoms with Gasteiger partial charge in [0.1, 0.15) is 6.54 Å². The van der Waals surface area contributed by atoms with Gasteiger partial charge in [-0.2, -0.15) is 0 Å². The van der Waals surface area contributed by atoms with Crippen LogP contribution in [0, 0.1) is 23.7 Å². The molecule has 1 N–H and O–H groups in total. The van der Waals surface area contributed by atoms with Crippen LogP contribution in [0.4, 0.5) is 5.69 Å². The van der Waals surface area contributed by atoms with Gasteiger partial charge in [0, 0.05) is 10.7 Å². The molecule has 1 saturated carbocycles. The predicted molar refractivity (Wildman–Crippen MR) is 95.5 cm³/mol. The zero-order valence-electron chi connectivity index (χ0n) is 14.3. The van der Waals surface area contributed by atoms with E-state index in [1.165, 1.54) is 0 Å². The fraction of sp³-hybridized carbons (Fsp3) is 0.368. The summed E-state index contributed by atoms with van der Waals surface area (Å²) in [6.07, 6.45) is 4.80. The van der Waals surface area contributed by atoms with Crippen molar-refractivity contribution in [2.24, 2.45) is 23.7 Å². The molecule has 3 aliphatic rings. The van der Waals surface area contributed by atoms with Gasteiger partial charge in [-0.25, -0.2) is 0 Å². The Bertz CT molecular complexity index is 837. The van der Waals surface area contributed by atoms with Crippen molar-refractivity contribution in [1.82, 2.24) is 4.90 Å². The number of anilines is 1. The third-order valence-electron chi connectivity index (χ3n) is 5.32. The van der Waals surface area contributed by atoms with Crippen LogP contribution < -0.4 is 5.32 Å². The summed E-state index contributed by atoms with van der Waals surface area (Å²) in [5.41, 5.74) is 0.476. The Kier molecular flexibility index (Phi) is 4.47. The van der Waals surface area contributed by atoms with Crippen molar-refractivity contribution in [3.05, 3.63) is 41.4 Å². The number of halogens is 1. The maximum Gasteiger partial charge on any atom is 0.326 e. The lowest BCUT2D eigenvalue weighted by atomic mass is 9.85. The lowest BCUT2D eigenvalue weighted by molar-refractivity contribution is -0.154. The van der Waals surface area contributed by atoms with E-state index in [1.807, 2.05) is 12.2 Å². The Labute approximate surface area is 160 Å². The topological polar surface area (TPSA) is 92.8 Å². The third kappa shape index (κ3) is 3.23. The van der Waals surface area contributed by atoms with Gasteiger partial charge in [0.2, 0.25) is 11.8 Å². The average Bonchev–Trinajstić information content (AvgIpc) is 3.30. The number of rotatable bonds is 5. The summed E-state index contributed by atoms with van der Waals surface area (Å²) in [4.78, 5) is 49.9. The Balaban J connectivity index is 1.29. The van der Waals surface area contributed by atoms with Crippen LogP contribution in [0.25, 0.3) is 0 Å². The molecular weight excluding hydrogens is 372 g/mol. The molecule has 0 unspecified atom stereocenters. The van der Waals surface area contributed by atoms with Gasteiger partial charge in [-0.05, 0) is 36.5 Å². The summed E-state index contributed by atoms with van der Waals surface area (Å²) in [6.45, 7) is -0.976. The van der Waals surface area contributed by atoms with Crippen molar-refractivity contribution in [3.63, 3.8) is 0 Å². The van der Waals surface area contributed by atoms with Gasteiger partial charge in [-0.15, -0.1) is 0 Å². The minimum Gasteiger partial charge on any atom is -0.454 e. The van der Waals surface area contributed by atoms with Crippen molar-refractivity contribution >= 4 is 41.0 Å². The maximum absolute atomic E-state index is 12.5. The van der Waals surface area contributed by atoms with E-state index >= 15 is 0 Å². The number of carbonyl (C=O) groups excluding carboxylic acids is 4. The second kappa shape index (κ2) is 6.81. The van der Waals surface area contributed by atoms with Crippen molar-refractivity contribution in [2.45, 2.75) is 6.42 Å². The number of imide groups is 1. The van der Waals surface area contributed by atoms with Crippen molar-refractivity contribution < 1.29 is 23.9 Å². The maximum atomic E-state index is 12.5. The van der Waals surface area contributed by atoms with Gasteiger partial charge in [0.25, 0.3) is 5.91 Å². The molecule has 4 rings (SSSR count). The fourth-order valence-electron chi connectivity index (χ4n) is 4.20. The Morgan fingerprint density at radius 1 is 1.15 bits per heavy atom. The molecule has 4 atom stereocenters. The van der Waals surface area contributed by atoms with E-state index in [-0.39, 0.29) is 35.5 Å². The monoisotopic (exact) mass is 388 g/mol. The highest BCUT2D eigenvalue weighted by Crippen LogP contribution is 2.52. The van der Waals surface area contributed by atoms with Crippen LogP contribution in [0.15, 0.2) is 36.4 Å². The molecule has 1 aliphatic heterocycles. The number of amides is 3. The number of hydrogen-bond acceptors (Lipinski definition) is 5. The van der Waals surface area contributed by atoms with Crippen LogP contribution in [-0.4, -0.2) is 41.7 Å². The second-order valence-electron chi connectivity index (χ2n) is 6.98. The first-order chi connectivity index (χ1) is 12.9. The minimum atomic E-state index is -0.793.